The molecule has 2 aliphatic rings. The van der Waals surface area contributed by atoms with E-state index in [0.717, 1.165) is 5.56 Å². The summed E-state index contributed by atoms with van der Waals surface area (Å²) in [4.78, 5) is 28.9. The van der Waals surface area contributed by atoms with E-state index < -0.39 is 0 Å². The molecule has 4 rings (SSSR count). The number of nitrogens with zero attached hydrogens (tertiary/aromatic N) is 2. The lowest BCUT2D eigenvalue weighted by molar-refractivity contribution is -0.128. The third-order valence-corrected chi connectivity index (χ3v) is 5.19. The number of carbonyl (C=O) groups excluding carboxylic acids is 2. The van der Waals surface area contributed by atoms with Crippen LogP contribution in [0.25, 0.3) is 6.08 Å². The van der Waals surface area contributed by atoms with Gasteiger partial charge in [0.25, 0.3) is 11.8 Å². The summed E-state index contributed by atoms with van der Waals surface area (Å²) in [5.41, 5.74) is 1.67. The van der Waals surface area contributed by atoms with Gasteiger partial charge in [-0.15, -0.1) is 0 Å². The fourth-order valence-electron chi connectivity index (χ4n) is 3.60. The van der Waals surface area contributed by atoms with E-state index >= 15 is 0 Å². The van der Waals surface area contributed by atoms with Gasteiger partial charge in [0.1, 0.15) is 12.4 Å². The highest BCUT2D eigenvalue weighted by atomic mass is 16.5. The van der Waals surface area contributed by atoms with Crippen LogP contribution in [0, 0.1) is 0 Å². The van der Waals surface area contributed by atoms with Crippen molar-refractivity contribution in [2.45, 2.75) is 0 Å². The van der Waals surface area contributed by atoms with E-state index in [2.05, 4.69) is 0 Å². The van der Waals surface area contributed by atoms with Crippen molar-refractivity contribution >= 4 is 17.9 Å². The second kappa shape index (κ2) is 7.87. The minimum absolute atomic E-state index is 0.0328. The lowest BCUT2D eigenvalue weighted by atomic mass is 10.1. The first-order valence-corrected chi connectivity index (χ1v) is 9.45. The Morgan fingerprint density at radius 1 is 0.966 bits per heavy atom. The molecule has 1 saturated heterocycles. The quantitative estimate of drug-likeness (QED) is 0.863. The fourth-order valence-corrected chi connectivity index (χ4v) is 3.60. The molecule has 0 atom stereocenters. The van der Waals surface area contributed by atoms with Crippen molar-refractivity contribution in [1.29, 1.82) is 0 Å². The molecular weight excluding hydrogens is 372 g/mol. The molecule has 0 saturated carbocycles. The lowest BCUT2D eigenvalue weighted by Gasteiger charge is -2.35. The zero-order chi connectivity index (χ0) is 20.4. The number of benzene rings is 2. The number of hydrogen-bond acceptors (Lipinski definition) is 5. The Morgan fingerprint density at radius 2 is 1.66 bits per heavy atom. The van der Waals surface area contributed by atoms with Crippen LogP contribution in [0.2, 0.25) is 0 Å². The van der Waals surface area contributed by atoms with Crippen LogP contribution in [0.5, 0.6) is 17.2 Å². The Morgan fingerprint density at radius 3 is 2.34 bits per heavy atom. The molecule has 0 spiro atoms. The molecule has 0 aliphatic carbocycles. The Hall–Kier alpha value is -3.48. The van der Waals surface area contributed by atoms with Crippen molar-refractivity contribution in [1.82, 2.24) is 9.80 Å². The predicted molar refractivity (Wildman–Crippen MR) is 107 cm³/mol. The molecule has 2 amide bonds. The van der Waals surface area contributed by atoms with Gasteiger partial charge in [-0.05, 0) is 24.3 Å². The van der Waals surface area contributed by atoms with E-state index in [1.54, 1.807) is 35.1 Å². The van der Waals surface area contributed by atoms with Gasteiger partial charge in [-0.2, -0.15) is 0 Å². The van der Waals surface area contributed by atoms with Crippen molar-refractivity contribution in [3.8, 4) is 17.2 Å². The number of phenols is 1. The van der Waals surface area contributed by atoms with Gasteiger partial charge in [-0.1, -0.05) is 24.3 Å². The molecule has 1 N–H and O–H groups in total. The van der Waals surface area contributed by atoms with Gasteiger partial charge < -0.3 is 24.4 Å². The third kappa shape index (κ3) is 3.63. The standard InChI is InChI=1S/C22H22N2O5/c1-28-19-8-4-5-15-13-16(14-29-20(15)19)21(26)23-9-11-24(12-10-23)22(27)17-6-2-3-7-18(17)25/h2-8,13,25H,9-12,14H2,1H3. The van der Waals surface area contributed by atoms with Crippen LogP contribution in [-0.4, -0.2) is 66.6 Å². The predicted octanol–water partition coefficient (Wildman–Crippen LogP) is 2.16. The molecule has 2 aromatic carbocycles. The van der Waals surface area contributed by atoms with Crippen LogP contribution in [-0.2, 0) is 4.79 Å². The molecule has 29 heavy (non-hydrogen) atoms. The van der Waals surface area contributed by atoms with Gasteiger partial charge in [0, 0.05) is 31.7 Å². The van der Waals surface area contributed by atoms with Crippen molar-refractivity contribution in [2.75, 3.05) is 39.9 Å². The molecule has 0 unspecified atom stereocenters. The number of methoxy groups -OCH3 is 1. The number of piperazine rings is 1. The van der Waals surface area contributed by atoms with E-state index in [-0.39, 0.29) is 29.7 Å². The molecule has 2 aliphatic heterocycles. The summed E-state index contributed by atoms with van der Waals surface area (Å²) in [6.45, 7) is 1.87. The van der Waals surface area contributed by atoms with Crippen molar-refractivity contribution in [3.63, 3.8) is 0 Å². The number of aromatic hydroxyl groups is 1. The van der Waals surface area contributed by atoms with Gasteiger partial charge in [0.05, 0.1) is 18.2 Å². The van der Waals surface area contributed by atoms with Crippen LogP contribution < -0.4 is 9.47 Å². The maximum Gasteiger partial charge on any atom is 0.257 e. The summed E-state index contributed by atoms with van der Waals surface area (Å²) in [5.74, 6) is 0.936. The normalized spacial score (nSPS) is 15.8. The van der Waals surface area contributed by atoms with Gasteiger partial charge in [-0.3, -0.25) is 9.59 Å². The Labute approximate surface area is 168 Å². The minimum Gasteiger partial charge on any atom is -0.507 e. The second-order valence-corrected chi connectivity index (χ2v) is 6.94. The van der Waals surface area contributed by atoms with Crippen LogP contribution in [0.3, 0.4) is 0 Å². The van der Waals surface area contributed by atoms with E-state index in [0.29, 0.717) is 43.3 Å². The lowest BCUT2D eigenvalue weighted by Crippen LogP contribution is -2.51. The molecule has 2 heterocycles. The largest absolute Gasteiger partial charge is 0.507 e. The summed E-state index contributed by atoms with van der Waals surface area (Å²) < 4.78 is 11.1. The van der Waals surface area contributed by atoms with Gasteiger partial charge in [-0.25, -0.2) is 0 Å². The first-order chi connectivity index (χ1) is 14.1. The summed E-state index contributed by atoms with van der Waals surface area (Å²) in [5, 5.41) is 9.90. The Balaban J connectivity index is 1.42. The van der Waals surface area contributed by atoms with E-state index in [9.17, 15) is 14.7 Å². The van der Waals surface area contributed by atoms with Crippen LogP contribution in [0.1, 0.15) is 15.9 Å². The topological polar surface area (TPSA) is 79.3 Å². The maximum atomic E-state index is 12.9. The number of para-hydroxylation sites is 2. The Bertz CT molecular complexity index is 977. The highest BCUT2D eigenvalue weighted by Gasteiger charge is 2.29. The molecular formula is C22H22N2O5. The molecule has 1 fully saturated rings. The molecule has 7 nitrogen and oxygen atoms in total. The van der Waals surface area contributed by atoms with Crippen LogP contribution in [0.4, 0.5) is 0 Å². The number of rotatable bonds is 3. The highest BCUT2D eigenvalue weighted by Crippen LogP contribution is 2.35. The minimum atomic E-state index is -0.226. The van der Waals surface area contributed by atoms with Crippen LogP contribution >= 0.6 is 0 Å². The van der Waals surface area contributed by atoms with E-state index in [1.807, 2.05) is 24.3 Å². The second-order valence-electron chi connectivity index (χ2n) is 6.94. The molecule has 0 bridgehead atoms. The van der Waals surface area contributed by atoms with Crippen molar-refractivity contribution in [2.24, 2.45) is 0 Å². The van der Waals surface area contributed by atoms with Crippen molar-refractivity contribution in [3.05, 3.63) is 59.2 Å². The third-order valence-electron chi connectivity index (χ3n) is 5.19. The number of phenolic OH excluding ortho intramolecular Hbond substituents is 1. The van der Waals surface area contributed by atoms with E-state index in [1.165, 1.54) is 6.07 Å². The number of carbonyl (C=O) groups is 2. The van der Waals surface area contributed by atoms with Gasteiger partial charge in [0.15, 0.2) is 11.5 Å². The fraction of sp³-hybridized carbons (Fsp3) is 0.273. The molecule has 2 aromatic rings. The molecule has 0 radical (unpaired) electrons. The zero-order valence-corrected chi connectivity index (χ0v) is 16.1. The first kappa shape index (κ1) is 18.9. The SMILES string of the molecule is COc1cccc2c1OCC(C(=O)N1CCN(C(=O)c3ccccc3O)CC1)=C2. The average Bonchev–Trinajstić information content (AvgIpc) is 2.77. The van der Waals surface area contributed by atoms with Crippen LogP contribution in [0.15, 0.2) is 48.0 Å². The molecule has 150 valence electrons. The van der Waals surface area contributed by atoms with Crippen molar-refractivity contribution < 1.29 is 24.2 Å². The highest BCUT2D eigenvalue weighted by molar-refractivity contribution is 6.00. The maximum absolute atomic E-state index is 12.9. The number of fused-ring (bicyclic) bond motifs is 1. The number of hydrogen-bond donors (Lipinski definition) is 1. The summed E-state index contributed by atoms with van der Waals surface area (Å²) in [7, 11) is 1.58. The zero-order valence-electron chi connectivity index (χ0n) is 16.1. The molecule has 0 aromatic heterocycles. The number of ether oxygens (including phenoxy) is 2. The monoisotopic (exact) mass is 394 g/mol. The van der Waals surface area contributed by atoms with Gasteiger partial charge in [0.2, 0.25) is 0 Å². The first-order valence-electron chi connectivity index (χ1n) is 9.45. The summed E-state index contributed by atoms with van der Waals surface area (Å²) in [6, 6.07) is 12.0. The number of amides is 2. The van der Waals surface area contributed by atoms with E-state index in [4.69, 9.17) is 9.47 Å². The summed E-state index contributed by atoms with van der Waals surface area (Å²) >= 11 is 0. The smallest absolute Gasteiger partial charge is 0.257 e. The van der Waals surface area contributed by atoms with Gasteiger partial charge >= 0.3 is 0 Å². The Kier molecular flexibility index (Phi) is 5.12. The summed E-state index contributed by atoms with van der Waals surface area (Å²) in [6.07, 6.45) is 1.84. The average molecular weight is 394 g/mol. The molecule has 7 heteroatoms.